The number of pyridine rings is 1. The van der Waals surface area contributed by atoms with Gasteiger partial charge in [-0.2, -0.15) is 0 Å². The van der Waals surface area contributed by atoms with Gasteiger partial charge in [0.05, 0.1) is 17.0 Å². The van der Waals surface area contributed by atoms with Gasteiger partial charge in [-0.15, -0.1) is 0 Å². The van der Waals surface area contributed by atoms with Gasteiger partial charge in [-0.3, -0.25) is 9.36 Å². The van der Waals surface area contributed by atoms with Crippen LogP contribution in [0.5, 0.6) is 0 Å². The molecule has 0 radical (unpaired) electrons. The van der Waals surface area contributed by atoms with Gasteiger partial charge in [0.1, 0.15) is 5.82 Å². The number of aromatic nitrogens is 1. The maximum Gasteiger partial charge on any atom is 0.266 e. The maximum atomic E-state index is 14.1. The minimum absolute atomic E-state index is 0.0853. The molecule has 0 N–H and O–H groups in total. The molecule has 0 bridgehead atoms. The number of benzene rings is 3. The number of hydrogen-bond donors (Lipinski definition) is 0. The average Bonchev–Trinajstić information content (AvgIpc) is 3.19. The fourth-order valence-corrected chi connectivity index (χ4v) is 6.26. The van der Waals surface area contributed by atoms with E-state index in [9.17, 15) is 22.0 Å². The Labute approximate surface area is 209 Å². The van der Waals surface area contributed by atoms with Gasteiger partial charge in [0.15, 0.2) is 11.6 Å². The summed E-state index contributed by atoms with van der Waals surface area (Å²) in [5, 5.41) is 0.918. The molecule has 5 nitrogen and oxygen atoms in total. The number of halogens is 4. The lowest BCUT2D eigenvalue weighted by molar-refractivity contribution is 0.503. The van der Waals surface area contributed by atoms with Crippen LogP contribution in [0.1, 0.15) is 23.2 Å². The van der Waals surface area contributed by atoms with Crippen LogP contribution in [0, 0.1) is 11.6 Å². The van der Waals surface area contributed by atoms with E-state index in [2.05, 4.69) is 0 Å². The van der Waals surface area contributed by atoms with E-state index in [-0.39, 0.29) is 5.82 Å². The zero-order valence-electron chi connectivity index (χ0n) is 17.8. The third kappa shape index (κ3) is 4.01. The van der Waals surface area contributed by atoms with Gasteiger partial charge in [0.25, 0.3) is 15.6 Å². The summed E-state index contributed by atoms with van der Waals surface area (Å²) >= 11 is 12.2. The first-order valence-corrected chi connectivity index (χ1v) is 12.6. The molecule has 1 aliphatic heterocycles. The van der Waals surface area contributed by atoms with Crippen molar-refractivity contribution in [3.8, 4) is 0 Å². The van der Waals surface area contributed by atoms with E-state index in [4.69, 9.17) is 23.2 Å². The van der Waals surface area contributed by atoms with Gasteiger partial charge in [-0.1, -0.05) is 53.5 Å². The Bertz CT molecular complexity index is 1590. The molecule has 1 aromatic heterocycles. The molecule has 0 spiro atoms. The lowest BCUT2D eigenvalue weighted by atomic mass is 9.94. The summed E-state index contributed by atoms with van der Waals surface area (Å²) in [6.45, 7) is 0. The van der Waals surface area contributed by atoms with Crippen molar-refractivity contribution >= 4 is 39.0 Å². The summed E-state index contributed by atoms with van der Waals surface area (Å²) in [6.07, 6.45) is 0. The molecule has 10 heteroatoms. The van der Waals surface area contributed by atoms with E-state index >= 15 is 0 Å². The molecular weight excluding hydrogens is 517 g/mol. The molecule has 4 aromatic rings. The zero-order chi connectivity index (χ0) is 24.9. The van der Waals surface area contributed by atoms with Gasteiger partial charge in [-0.25, -0.2) is 21.5 Å². The van der Waals surface area contributed by atoms with E-state index < -0.39 is 44.2 Å². The molecule has 0 fully saturated rings. The van der Waals surface area contributed by atoms with Crippen LogP contribution in [0.15, 0.2) is 94.6 Å². The zero-order valence-corrected chi connectivity index (χ0v) is 20.1. The fourth-order valence-electron chi connectivity index (χ4n) is 4.35. The first kappa shape index (κ1) is 23.5. The number of nitrogens with zero attached hydrogens (tertiary/aromatic N) is 2. The smallest absolute Gasteiger partial charge is 0.266 e. The highest BCUT2D eigenvalue weighted by Crippen LogP contribution is 2.49. The van der Waals surface area contributed by atoms with Gasteiger partial charge >= 0.3 is 0 Å². The van der Waals surface area contributed by atoms with Crippen molar-refractivity contribution in [2.45, 2.75) is 17.0 Å². The second kappa shape index (κ2) is 8.78. The van der Waals surface area contributed by atoms with Crippen LogP contribution >= 0.6 is 23.2 Å². The van der Waals surface area contributed by atoms with Crippen molar-refractivity contribution in [1.29, 1.82) is 0 Å². The Morgan fingerprint density at radius 3 is 1.86 bits per heavy atom. The quantitative estimate of drug-likeness (QED) is 0.325. The predicted molar refractivity (Wildman–Crippen MR) is 131 cm³/mol. The fraction of sp³-hybridized carbons (Fsp3) is 0.0800. The van der Waals surface area contributed by atoms with Crippen LogP contribution in [-0.2, 0) is 10.0 Å². The first-order chi connectivity index (χ1) is 16.7. The van der Waals surface area contributed by atoms with Crippen LogP contribution in [0.4, 0.5) is 14.6 Å². The molecule has 3 aromatic carbocycles. The largest absolute Gasteiger partial charge is 0.284 e. The molecule has 0 saturated carbocycles. The lowest BCUT2D eigenvalue weighted by Gasteiger charge is -2.29. The molecule has 5 rings (SSSR count). The van der Waals surface area contributed by atoms with Crippen LogP contribution in [-0.4, -0.2) is 13.0 Å². The van der Waals surface area contributed by atoms with Crippen molar-refractivity contribution in [1.82, 2.24) is 4.57 Å². The highest BCUT2D eigenvalue weighted by atomic mass is 35.5. The van der Waals surface area contributed by atoms with E-state index in [1.165, 1.54) is 22.8 Å². The number of fused-ring (bicyclic) bond motifs is 1. The van der Waals surface area contributed by atoms with Crippen molar-refractivity contribution in [2.75, 3.05) is 4.31 Å². The molecule has 2 heterocycles. The minimum atomic E-state index is -4.46. The summed E-state index contributed by atoms with van der Waals surface area (Å²) in [5.41, 5.74) is 0.750. The Morgan fingerprint density at radius 2 is 1.29 bits per heavy atom. The molecule has 0 aliphatic carbocycles. The van der Waals surface area contributed by atoms with E-state index in [1.54, 1.807) is 48.5 Å². The highest BCUT2D eigenvalue weighted by Gasteiger charge is 2.47. The second-order valence-corrected chi connectivity index (χ2v) is 10.6. The molecule has 1 aliphatic rings. The van der Waals surface area contributed by atoms with Crippen LogP contribution < -0.4 is 9.86 Å². The summed E-state index contributed by atoms with van der Waals surface area (Å²) in [6, 6.07) is 18.2. The number of hydrogen-bond acceptors (Lipinski definition) is 3. The van der Waals surface area contributed by atoms with Crippen LogP contribution in [0.2, 0.25) is 10.0 Å². The second-order valence-electron chi connectivity index (χ2n) is 7.96. The third-order valence-electron chi connectivity index (χ3n) is 5.89. The number of sulfonamides is 1. The Morgan fingerprint density at radius 1 is 0.714 bits per heavy atom. The van der Waals surface area contributed by atoms with Gasteiger partial charge < -0.3 is 0 Å². The van der Waals surface area contributed by atoms with E-state index in [0.717, 1.165) is 16.4 Å². The Kier molecular flexibility index (Phi) is 5.91. The summed E-state index contributed by atoms with van der Waals surface area (Å²) in [4.78, 5) is 12.6. The first-order valence-electron chi connectivity index (χ1n) is 10.4. The summed E-state index contributed by atoms with van der Waals surface area (Å²) in [5.74, 6) is -2.38. The maximum absolute atomic E-state index is 14.1. The minimum Gasteiger partial charge on any atom is -0.284 e. The number of rotatable bonds is 4. The van der Waals surface area contributed by atoms with Crippen molar-refractivity contribution in [3.05, 3.63) is 128 Å². The van der Waals surface area contributed by atoms with Crippen molar-refractivity contribution in [3.63, 3.8) is 0 Å². The molecular formula is C25H16Cl2F2N2O3S. The molecule has 35 heavy (non-hydrogen) atoms. The third-order valence-corrected chi connectivity index (χ3v) is 8.18. The van der Waals surface area contributed by atoms with Gasteiger partial charge in [-0.05, 0) is 59.7 Å². The van der Waals surface area contributed by atoms with E-state index in [1.807, 2.05) is 0 Å². The van der Waals surface area contributed by atoms with E-state index in [0.29, 0.717) is 27.2 Å². The average molecular weight is 533 g/mol. The molecule has 178 valence electrons. The SMILES string of the molecule is O=c1cccc2n1[C@@H](c1ccc(Cl)cc1)[C@@H](c1ccc(Cl)cc1)N2S(=O)(=O)c1ccc(F)c(F)c1. The predicted octanol–water partition coefficient (Wildman–Crippen LogP) is 5.97. The Balaban J connectivity index is 1.81. The molecule has 0 unspecified atom stereocenters. The lowest BCUT2D eigenvalue weighted by Crippen LogP contribution is -2.33. The molecule has 2 atom stereocenters. The monoisotopic (exact) mass is 532 g/mol. The van der Waals surface area contributed by atoms with Gasteiger partial charge in [0.2, 0.25) is 0 Å². The topological polar surface area (TPSA) is 59.4 Å². The highest BCUT2D eigenvalue weighted by molar-refractivity contribution is 7.92. The normalized spacial score (nSPS) is 17.4. The van der Waals surface area contributed by atoms with Crippen LogP contribution in [0.3, 0.4) is 0 Å². The van der Waals surface area contributed by atoms with Crippen molar-refractivity contribution < 1.29 is 17.2 Å². The van der Waals surface area contributed by atoms with Crippen LogP contribution in [0.25, 0.3) is 0 Å². The molecule has 0 saturated heterocycles. The molecule has 0 amide bonds. The van der Waals surface area contributed by atoms with Gasteiger partial charge in [0, 0.05) is 16.1 Å². The summed E-state index contributed by atoms with van der Waals surface area (Å²) < 4.78 is 58.0. The standard InChI is InChI=1S/C25H16Cl2F2N2O3S/c26-17-8-4-15(5-9-17)24-25(16-6-10-18(27)11-7-16)31(22-2-1-3-23(32)30(22)24)35(33,34)19-12-13-20(28)21(29)14-19/h1-14,24-25H/t24-,25+/m0/s1. The van der Waals surface area contributed by atoms with Crippen molar-refractivity contribution in [2.24, 2.45) is 0 Å². The summed E-state index contributed by atoms with van der Waals surface area (Å²) in [7, 11) is -4.46. The number of anilines is 1. The Hall–Kier alpha value is -3.20.